The van der Waals surface area contributed by atoms with Crippen LogP contribution in [0.2, 0.25) is 0 Å². The van der Waals surface area contributed by atoms with Crippen LogP contribution in [0.4, 0.5) is 17.1 Å². The number of benzene rings is 1. The molecule has 1 amide bonds. The predicted octanol–water partition coefficient (Wildman–Crippen LogP) is 1.90. The molecule has 130 valence electrons. The van der Waals surface area contributed by atoms with Crippen LogP contribution in [0.1, 0.15) is 6.92 Å². The Balaban J connectivity index is 0.00000208. The van der Waals surface area contributed by atoms with E-state index in [1.54, 1.807) is 10.9 Å². The van der Waals surface area contributed by atoms with E-state index in [0.29, 0.717) is 13.2 Å². The van der Waals surface area contributed by atoms with Gasteiger partial charge in [-0.25, -0.2) is 0 Å². The number of carbonyl (C=O) groups is 1. The summed E-state index contributed by atoms with van der Waals surface area (Å²) in [6, 6.07) is 7.24. The zero-order valence-corrected chi connectivity index (χ0v) is 14.5. The average Bonchev–Trinajstić information content (AvgIpc) is 2.93. The van der Waals surface area contributed by atoms with Crippen molar-refractivity contribution >= 4 is 35.4 Å². The molecule has 1 aromatic carbocycles. The van der Waals surface area contributed by atoms with Crippen LogP contribution >= 0.6 is 12.4 Å². The molecule has 0 unspecified atom stereocenters. The van der Waals surface area contributed by atoms with E-state index < -0.39 is 0 Å². The molecule has 8 heteroatoms. The average molecular weight is 352 g/mol. The first kappa shape index (κ1) is 18.3. The predicted molar refractivity (Wildman–Crippen MR) is 96.0 cm³/mol. The fourth-order valence-electron chi connectivity index (χ4n) is 2.57. The van der Waals surface area contributed by atoms with Gasteiger partial charge < -0.3 is 20.7 Å². The molecule has 1 aliphatic heterocycles. The van der Waals surface area contributed by atoms with Gasteiger partial charge in [0.15, 0.2) is 0 Å². The number of hydrogen-bond acceptors (Lipinski definition) is 5. The molecule has 2 heterocycles. The number of nitrogens with zero attached hydrogens (tertiary/aromatic N) is 2. The van der Waals surface area contributed by atoms with Gasteiger partial charge in [0.05, 0.1) is 24.6 Å². The van der Waals surface area contributed by atoms with Crippen LogP contribution < -0.4 is 16.0 Å². The highest BCUT2D eigenvalue weighted by Crippen LogP contribution is 2.20. The van der Waals surface area contributed by atoms with Gasteiger partial charge in [-0.3, -0.25) is 9.48 Å². The number of ether oxygens (including phenoxy) is 1. The van der Waals surface area contributed by atoms with Gasteiger partial charge in [0.2, 0.25) is 5.91 Å². The highest BCUT2D eigenvalue weighted by atomic mass is 35.5. The second-order valence-corrected chi connectivity index (χ2v) is 5.61. The van der Waals surface area contributed by atoms with Crippen LogP contribution in [0.15, 0.2) is 36.7 Å². The maximum absolute atomic E-state index is 12.4. The molecule has 1 saturated heterocycles. The summed E-state index contributed by atoms with van der Waals surface area (Å²) in [6.07, 6.45) is 3.49. The molecule has 0 saturated carbocycles. The lowest BCUT2D eigenvalue weighted by Crippen LogP contribution is -2.53. The quantitative estimate of drug-likeness (QED) is 0.784. The summed E-state index contributed by atoms with van der Waals surface area (Å²) in [5.41, 5.74) is 2.52. The first-order valence-electron chi connectivity index (χ1n) is 7.63. The summed E-state index contributed by atoms with van der Waals surface area (Å²) in [5, 5.41) is 13.5. The number of morpholine rings is 1. The van der Waals surface area contributed by atoms with Crippen molar-refractivity contribution in [1.82, 2.24) is 15.1 Å². The summed E-state index contributed by atoms with van der Waals surface area (Å²) in [6.45, 7) is 3.22. The molecular formula is C16H22ClN5O2. The maximum atomic E-state index is 12.4. The van der Waals surface area contributed by atoms with Crippen LogP contribution in [0.5, 0.6) is 0 Å². The van der Waals surface area contributed by atoms with Gasteiger partial charge in [-0.05, 0) is 25.1 Å². The van der Waals surface area contributed by atoms with E-state index >= 15 is 0 Å². The molecule has 1 aliphatic rings. The van der Waals surface area contributed by atoms with Crippen LogP contribution in [0.25, 0.3) is 0 Å². The van der Waals surface area contributed by atoms with Crippen LogP contribution in [-0.4, -0.2) is 41.0 Å². The largest absolute Gasteiger partial charge is 0.375 e. The van der Waals surface area contributed by atoms with Gasteiger partial charge in [-0.1, -0.05) is 6.07 Å². The minimum atomic E-state index is -0.335. The molecule has 2 aromatic rings. The minimum absolute atomic E-state index is 0. The van der Waals surface area contributed by atoms with E-state index in [1.165, 1.54) is 0 Å². The van der Waals surface area contributed by atoms with E-state index in [9.17, 15) is 4.79 Å². The summed E-state index contributed by atoms with van der Waals surface area (Å²) in [5.74, 6) is -0.0873. The second kappa shape index (κ2) is 8.14. The van der Waals surface area contributed by atoms with Gasteiger partial charge in [-0.15, -0.1) is 12.4 Å². The summed E-state index contributed by atoms with van der Waals surface area (Å²) >= 11 is 0. The number of aromatic nitrogens is 2. The number of amides is 1. The fourth-order valence-corrected chi connectivity index (χ4v) is 2.57. The van der Waals surface area contributed by atoms with Crippen molar-refractivity contribution in [3.8, 4) is 0 Å². The van der Waals surface area contributed by atoms with Crippen LogP contribution in [0, 0.1) is 0 Å². The zero-order chi connectivity index (χ0) is 16.2. The Labute approximate surface area is 147 Å². The zero-order valence-electron chi connectivity index (χ0n) is 13.7. The number of carbonyl (C=O) groups excluding carboxylic acids is 1. The molecule has 2 atom stereocenters. The Morgan fingerprint density at radius 3 is 2.88 bits per heavy atom. The highest BCUT2D eigenvalue weighted by Gasteiger charge is 2.28. The molecule has 1 aromatic heterocycles. The molecule has 0 spiro atoms. The number of nitrogens with one attached hydrogen (secondary N) is 3. The third-order valence-corrected chi connectivity index (χ3v) is 3.72. The second-order valence-electron chi connectivity index (χ2n) is 5.61. The minimum Gasteiger partial charge on any atom is -0.375 e. The first-order chi connectivity index (χ1) is 11.1. The molecule has 7 nitrogen and oxygen atoms in total. The lowest BCUT2D eigenvalue weighted by atomic mass is 10.1. The van der Waals surface area contributed by atoms with Gasteiger partial charge in [-0.2, -0.15) is 5.10 Å². The van der Waals surface area contributed by atoms with Gasteiger partial charge >= 0.3 is 0 Å². The number of hydrogen-bond donors (Lipinski definition) is 3. The Kier molecular flexibility index (Phi) is 6.19. The van der Waals surface area contributed by atoms with Crippen molar-refractivity contribution < 1.29 is 9.53 Å². The van der Waals surface area contributed by atoms with Crippen molar-refractivity contribution in [2.45, 2.75) is 19.1 Å². The third kappa shape index (κ3) is 4.47. The lowest BCUT2D eigenvalue weighted by molar-refractivity contribution is -0.123. The first-order valence-corrected chi connectivity index (χ1v) is 7.63. The van der Waals surface area contributed by atoms with Crippen molar-refractivity contribution in [2.75, 3.05) is 23.8 Å². The Bertz CT molecular complexity index is 691. The Hall–Kier alpha value is -2.09. The number of halogens is 1. The van der Waals surface area contributed by atoms with E-state index in [1.807, 2.05) is 44.4 Å². The van der Waals surface area contributed by atoms with Gasteiger partial charge in [0.1, 0.15) is 6.04 Å². The van der Waals surface area contributed by atoms with Crippen molar-refractivity contribution in [3.63, 3.8) is 0 Å². The molecule has 0 aliphatic carbocycles. The van der Waals surface area contributed by atoms with E-state index in [2.05, 4.69) is 21.0 Å². The lowest BCUT2D eigenvalue weighted by Gasteiger charge is -2.29. The smallest absolute Gasteiger partial charge is 0.244 e. The van der Waals surface area contributed by atoms with Gasteiger partial charge in [0.25, 0.3) is 0 Å². The molecule has 24 heavy (non-hydrogen) atoms. The molecule has 0 radical (unpaired) electrons. The SMILES string of the molecule is C[C@H]1OCCN[C@@H]1C(=O)Nc1cccc(Nc2cnn(C)c2)c1.Cl. The fraction of sp³-hybridized carbons (Fsp3) is 0.375. The molecule has 1 fully saturated rings. The standard InChI is InChI=1S/C16H21N5O2.ClH/c1-11-15(17-6-7-23-11)16(22)20-13-5-3-4-12(8-13)19-14-9-18-21(2)10-14;/h3-5,8-11,15,17,19H,6-7H2,1-2H3,(H,20,22);1H/t11-,15+;/m1./s1. The number of rotatable bonds is 4. The summed E-state index contributed by atoms with van der Waals surface area (Å²) < 4.78 is 7.24. The normalized spacial score (nSPS) is 20.1. The van der Waals surface area contributed by atoms with Crippen molar-refractivity contribution in [2.24, 2.45) is 7.05 Å². The monoisotopic (exact) mass is 351 g/mol. The Morgan fingerprint density at radius 2 is 2.17 bits per heavy atom. The molecule has 3 rings (SSSR count). The van der Waals surface area contributed by atoms with E-state index in [0.717, 1.165) is 17.1 Å². The van der Waals surface area contributed by atoms with Crippen LogP contribution in [-0.2, 0) is 16.6 Å². The molecular weight excluding hydrogens is 330 g/mol. The number of anilines is 3. The topological polar surface area (TPSA) is 80.2 Å². The van der Waals surface area contributed by atoms with Gasteiger partial charge in [0, 0.05) is 31.2 Å². The maximum Gasteiger partial charge on any atom is 0.244 e. The van der Waals surface area contributed by atoms with Crippen molar-refractivity contribution in [3.05, 3.63) is 36.7 Å². The summed E-state index contributed by atoms with van der Waals surface area (Å²) in [4.78, 5) is 12.4. The molecule has 0 bridgehead atoms. The number of aryl methyl sites for hydroxylation is 1. The van der Waals surface area contributed by atoms with Crippen molar-refractivity contribution in [1.29, 1.82) is 0 Å². The molecule has 3 N–H and O–H groups in total. The Morgan fingerprint density at radius 1 is 1.38 bits per heavy atom. The highest BCUT2D eigenvalue weighted by molar-refractivity contribution is 5.95. The summed E-state index contributed by atoms with van der Waals surface area (Å²) in [7, 11) is 1.86. The third-order valence-electron chi connectivity index (χ3n) is 3.72. The van der Waals surface area contributed by atoms with E-state index in [4.69, 9.17) is 4.74 Å². The van der Waals surface area contributed by atoms with E-state index in [-0.39, 0.29) is 30.5 Å². The van der Waals surface area contributed by atoms with Crippen LogP contribution in [0.3, 0.4) is 0 Å².